The van der Waals surface area contributed by atoms with Crippen molar-refractivity contribution in [3.63, 3.8) is 0 Å². The molecule has 1 fully saturated rings. The minimum Gasteiger partial charge on any atom is -0.383 e. The summed E-state index contributed by atoms with van der Waals surface area (Å²) in [6.45, 7) is 3.50. The Hall–Kier alpha value is -1.02. The van der Waals surface area contributed by atoms with Gasteiger partial charge in [-0.05, 0) is 75.3 Å². The molecular weight excluding hydrogens is 220 g/mol. The third-order valence-electron chi connectivity index (χ3n) is 4.31. The summed E-state index contributed by atoms with van der Waals surface area (Å²) in [4.78, 5) is 0. The first kappa shape index (κ1) is 12.0. The molecule has 1 aliphatic carbocycles. The second kappa shape index (κ2) is 5.31. The lowest BCUT2D eigenvalue weighted by molar-refractivity contribution is 0.523. The highest BCUT2D eigenvalue weighted by atomic mass is 15.0. The Kier molecular flexibility index (Phi) is 3.55. The van der Waals surface area contributed by atoms with Crippen LogP contribution < -0.4 is 10.6 Å². The van der Waals surface area contributed by atoms with Crippen LogP contribution >= 0.6 is 0 Å². The van der Waals surface area contributed by atoms with Gasteiger partial charge in [-0.15, -0.1) is 0 Å². The minimum absolute atomic E-state index is 0.556. The van der Waals surface area contributed by atoms with E-state index in [2.05, 4.69) is 35.8 Å². The molecule has 2 aliphatic rings. The Morgan fingerprint density at radius 2 is 2.17 bits per heavy atom. The maximum Gasteiger partial charge on any atom is 0.0345 e. The molecule has 1 saturated heterocycles. The summed E-state index contributed by atoms with van der Waals surface area (Å²) in [7, 11) is 0. The van der Waals surface area contributed by atoms with Crippen LogP contribution in [-0.4, -0.2) is 18.6 Å². The van der Waals surface area contributed by atoms with E-state index in [1.807, 2.05) is 0 Å². The van der Waals surface area contributed by atoms with Gasteiger partial charge in [0.15, 0.2) is 0 Å². The van der Waals surface area contributed by atoms with E-state index in [4.69, 9.17) is 0 Å². The van der Waals surface area contributed by atoms with Crippen LogP contribution in [0.15, 0.2) is 18.2 Å². The average Bonchev–Trinajstić information content (AvgIpc) is 2.98. The number of hydrogen-bond acceptors (Lipinski definition) is 2. The zero-order chi connectivity index (χ0) is 12.4. The molecule has 0 aromatic heterocycles. The molecule has 2 heteroatoms. The zero-order valence-corrected chi connectivity index (χ0v) is 11.3. The van der Waals surface area contributed by atoms with Crippen molar-refractivity contribution in [1.29, 1.82) is 0 Å². The predicted molar refractivity (Wildman–Crippen MR) is 77.2 cm³/mol. The lowest BCUT2D eigenvalue weighted by Gasteiger charge is -2.19. The van der Waals surface area contributed by atoms with Crippen LogP contribution in [0.4, 0.5) is 5.69 Å². The summed E-state index contributed by atoms with van der Waals surface area (Å²) in [6.07, 6.45) is 7.80. The molecule has 2 N–H and O–H groups in total. The van der Waals surface area contributed by atoms with Gasteiger partial charge < -0.3 is 10.6 Å². The third kappa shape index (κ3) is 2.69. The Labute approximate surface area is 110 Å². The molecule has 0 bridgehead atoms. The topological polar surface area (TPSA) is 24.1 Å². The average molecular weight is 244 g/mol. The molecular formula is C16H24N2. The van der Waals surface area contributed by atoms with E-state index < -0.39 is 0 Å². The second-order valence-corrected chi connectivity index (χ2v) is 5.91. The fraction of sp³-hybridized carbons (Fsp3) is 0.625. The summed E-state index contributed by atoms with van der Waals surface area (Å²) >= 11 is 0. The van der Waals surface area contributed by atoms with Crippen molar-refractivity contribution in [1.82, 2.24) is 5.32 Å². The predicted octanol–water partition coefficient (Wildman–Crippen LogP) is 3.12. The van der Waals surface area contributed by atoms with Crippen molar-refractivity contribution in [3.05, 3.63) is 29.3 Å². The van der Waals surface area contributed by atoms with Crippen molar-refractivity contribution < 1.29 is 0 Å². The van der Waals surface area contributed by atoms with E-state index in [1.165, 1.54) is 50.8 Å². The Morgan fingerprint density at radius 3 is 3.00 bits per heavy atom. The van der Waals surface area contributed by atoms with E-state index in [-0.39, 0.29) is 0 Å². The normalized spacial score (nSPS) is 23.9. The molecule has 1 heterocycles. The van der Waals surface area contributed by atoms with E-state index in [9.17, 15) is 0 Å². The monoisotopic (exact) mass is 244 g/mol. The number of fused-ring (bicyclic) bond motifs is 1. The van der Waals surface area contributed by atoms with Crippen molar-refractivity contribution >= 4 is 5.69 Å². The standard InChI is InChI=1S/C16H24N2/c1-12(10-15-6-3-9-17-15)18-16-8-7-13-4-2-5-14(13)11-16/h7-8,11-12,15,17-18H,2-6,9-10H2,1H3. The quantitative estimate of drug-likeness (QED) is 0.850. The number of hydrogen-bond donors (Lipinski definition) is 2. The molecule has 1 aliphatic heterocycles. The summed E-state index contributed by atoms with van der Waals surface area (Å²) in [5.41, 5.74) is 4.43. The molecule has 1 aromatic carbocycles. The van der Waals surface area contributed by atoms with Crippen molar-refractivity contribution in [2.75, 3.05) is 11.9 Å². The minimum atomic E-state index is 0.556. The van der Waals surface area contributed by atoms with Gasteiger partial charge in [-0.25, -0.2) is 0 Å². The Bertz CT molecular complexity index is 408. The third-order valence-corrected chi connectivity index (χ3v) is 4.31. The first-order valence-corrected chi connectivity index (χ1v) is 7.43. The molecule has 98 valence electrons. The van der Waals surface area contributed by atoms with E-state index in [0.29, 0.717) is 6.04 Å². The van der Waals surface area contributed by atoms with E-state index in [1.54, 1.807) is 11.1 Å². The van der Waals surface area contributed by atoms with Gasteiger partial charge in [-0.3, -0.25) is 0 Å². The SMILES string of the molecule is CC(CC1CCCN1)Nc1ccc2c(c1)CCC2. The molecule has 2 nitrogen and oxygen atoms in total. The van der Waals surface area contributed by atoms with Crippen LogP contribution in [0, 0.1) is 0 Å². The lowest BCUT2D eigenvalue weighted by atomic mass is 10.1. The first-order chi connectivity index (χ1) is 8.81. The van der Waals surface area contributed by atoms with Crippen LogP contribution in [0.5, 0.6) is 0 Å². The fourth-order valence-corrected chi connectivity index (χ4v) is 3.39. The Morgan fingerprint density at radius 1 is 1.28 bits per heavy atom. The highest BCUT2D eigenvalue weighted by Gasteiger charge is 2.17. The van der Waals surface area contributed by atoms with Crippen molar-refractivity contribution in [3.8, 4) is 0 Å². The fourth-order valence-electron chi connectivity index (χ4n) is 3.39. The van der Waals surface area contributed by atoms with Gasteiger partial charge in [0.25, 0.3) is 0 Å². The largest absolute Gasteiger partial charge is 0.383 e. The van der Waals surface area contributed by atoms with Gasteiger partial charge in [0.2, 0.25) is 0 Å². The number of rotatable bonds is 4. The maximum absolute atomic E-state index is 3.66. The molecule has 0 saturated carbocycles. The van der Waals surface area contributed by atoms with Crippen LogP contribution in [-0.2, 0) is 12.8 Å². The van der Waals surface area contributed by atoms with Crippen LogP contribution in [0.25, 0.3) is 0 Å². The van der Waals surface area contributed by atoms with Crippen molar-refractivity contribution in [2.45, 2.75) is 57.5 Å². The smallest absolute Gasteiger partial charge is 0.0345 e. The molecule has 3 rings (SSSR count). The van der Waals surface area contributed by atoms with Gasteiger partial charge in [0.1, 0.15) is 0 Å². The molecule has 1 aromatic rings. The van der Waals surface area contributed by atoms with Gasteiger partial charge >= 0.3 is 0 Å². The van der Waals surface area contributed by atoms with Gasteiger partial charge in [0, 0.05) is 17.8 Å². The molecule has 0 amide bonds. The molecule has 0 radical (unpaired) electrons. The van der Waals surface area contributed by atoms with Crippen molar-refractivity contribution in [2.24, 2.45) is 0 Å². The summed E-state index contributed by atoms with van der Waals surface area (Å²) in [6, 6.07) is 8.21. The lowest BCUT2D eigenvalue weighted by Crippen LogP contribution is -2.29. The Balaban J connectivity index is 1.58. The first-order valence-electron chi connectivity index (χ1n) is 7.43. The van der Waals surface area contributed by atoms with E-state index >= 15 is 0 Å². The summed E-state index contributed by atoms with van der Waals surface area (Å²) < 4.78 is 0. The molecule has 2 unspecified atom stereocenters. The summed E-state index contributed by atoms with van der Waals surface area (Å²) in [5.74, 6) is 0. The number of benzene rings is 1. The van der Waals surface area contributed by atoms with Crippen LogP contribution in [0.3, 0.4) is 0 Å². The number of nitrogens with one attached hydrogen (secondary N) is 2. The number of aryl methyl sites for hydroxylation is 2. The van der Waals surface area contributed by atoms with E-state index in [0.717, 1.165) is 6.04 Å². The van der Waals surface area contributed by atoms with Crippen LogP contribution in [0.1, 0.15) is 43.7 Å². The van der Waals surface area contributed by atoms with Crippen LogP contribution in [0.2, 0.25) is 0 Å². The summed E-state index contributed by atoms with van der Waals surface area (Å²) in [5, 5.41) is 7.23. The molecule has 2 atom stereocenters. The van der Waals surface area contributed by atoms with Gasteiger partial charge in [0.05, 0.1) is 0 Å². The zero-order valence-electron chi connectivity index (χ0n) is 11.3. The molecule has 18 heavy (non-hydrogen) atoms. The highest BCUT2D eigenvalue weighted by Crippen LogP contribution is 2.25. The maximum atomic E-state index is 3.66. The van der Waals surface area contributed by atoms with Gasteiger partial charge in [-0.1, -0.05) is 6.07 Å². The highest BCUT2D eigenvalue weighted by molar-refractivity contribution is 5.50. The second-order valence-electron chi connectivity index (χ2n) is 5.91. The molecule has 0 spiro atoms. The number of anilines is 1. The van der Waals surface area contributed by atoms with Gasteiger partial charge in [-0.2, -0.15) is 0 Å².